The molecule has 0 spiro atoms. The SMILES string of the molecule is CC(=O)NCC1CCC([n+]2cc(NC(=O)Nc3cc(NC(=O)Cc4ccccc4)cc(C(F)(F)F)c3)on2)CC1. The van der Waals surface area contributed by atoms with Crippen molar-refractivity contribution >= 4 is 35.1 Å². The van der Waals surface area contributed by atoms with Crippen molar-refractivity contribution in [1.29, 1.82) is 0 Å². The minimum absolute atomic E-state index is 0.0150. The number of hydrogen-bond acceptors (Lipinski definition) is 5. The van der Waals surface area contributed by atoms with Crippen molar-refractivity contribution in [2.75, 3.05) is 22.5 Å². The van der Waals surface area contributed by atoms with Crippen LogP contribution in [0.1, 0.15) is 49.8 Å². The number of aromatic nitrogens is 2. The highest BCUT2D eigenvalue weighted by atomic mass is 19.4. The zero-order chi connectivity index (χ0) is 28.7. The van der Waals surface area contributed by atoms with Crippen LogP contribution in [0.25, 0.3) is 0 Å². The number of nitrogens with zero attached hydrogens (tertiary/aromatic N) is 2. The molecule has 1 aromatic heterocycles. The van der Waals surface area contributed by atoms with E-state index in [1.165, 1.54) is 19.2 Å². The first kappa shape index (κ1) is 28.6. The zero-order valence-corrected chi connectivity index (χ0v) is 21.8. The molecule has 1 aliphatic carbocycles. The van der Waals surface area contributed by atoms with E-state index >= 15 is 0 Å². The summed E-state index contributed by atoms with van der Waals surface area (Å²) in [5.74, 6) is -0.162. The van der Waals surface area contributed by atoms with Gasteiger partial charge in [-0.2, -0.15) is 13.2 Å². The summed E-state index contributed by atoms with van der Waals surface area (Å²) in [5, 5.41) is 14.0. The summed E-state index contributed by atoms with van der Waals surface area (Å²) in [5.41, 5.74) is -0.621. The molecule has 0 radical (unpaired) electrons. The van der Waals surface area contributed by atoms with Crippen LogP contribution in [0.4, 0.5) is 35.2 Å². The number of urea groups is 1. The summed E-state index contributed by atoms with van der Waals surface area (Å²) in [6, 6.07) is 10.8. The molecule has 4 amide bonds. The number of halogens is 3. The van der Waals surface area contributed by atoms with Crippen LogP contribution in [0.15, 0.2) is 59.3 Å². The van der Waals surface area contributed by atoms with Crippen molar-refractivity contribution in [2.24, 2.45) is 5.92 Å². The lowest BCUT2D eigenvalue weighted by molar-refractivity contribution is -0.787. The third-order valence-electron chi connectivity index (χ3n) is 6.56. The van der Waals surface area contributed by atoms with Gasteiger partial charge in [0.05, 0.1) is 12.0 Å². The van der Waals surface area contributed by atoms with E-state index in [1.807, 2.05) is 0 Å². The standard InChI is InChI=1S/C27H29F3N6O4/c1-17(37)31-15-19-7-9-23(10-8-19)36-16-25(40-35-36)34-26(39)33-22-13-20(27(28,29)30)12-21(14-22)32-24(38)11-18-5-3-2-4-6-18/h2-6,12-14,16,19,23H,7-11,15H2,1H3,(H3-,31,32,33,34,35,37,38,39)/p+1. The molecule has 1 heterocycles. The molecule has 0 bridgehead atoms. The molecule has 0 saturated heterocycles. The van der Waals surface area contributed by atoms with Gasteiger partial charge in [0.25, 0.3) is 6.20 Å². The molecule has 0 atom stereocenters. The van der Waals surface area contributed by atoms with Gasteiger partial charge in [0.2, 0.25) is 17.1 Å². The molecule has 3 aromatic rings. The molecule has 1 fully saturated rings. The minimum atomic E-state index is -4.70. The molecule has 2 aromatic carbocycles. The van der Waals surface area contributed by atoms with Gasteiger partial charge in [-0.25, -0.2) is 4.79 Å². The largest absolute Gasteiger partial charge is 0.416 e. The number of benzene rings is 2. The van der Waals surface area contributed by atoms with Gasteiger partial charge in [0.1, 0.15) is 0 Å². The summed E-state index contributed by atoms with van der Waals surface area (Å²) < 4.78 is 47.3. The van der Waals surface area contributed by atoms with E-state index in [1.54, 1.807) is 35.0 Å². The summed E-state index contributed by atoms with van der Waals surface area (Å²) in [6.07, 6.45) is 0.209. The first-order valence-electron chi connectivity index (χ1n) is 12.8. The number of alkyl halides is 3. The monoisotopic (exact) mass is 559 g/mol. The average molecular weight is 560 g/mol. The fourth-order valence-corrected chi connectivity index (χ4v) is 4.58. The summed E-state index contributed by atoms with van der Waals surface area (Å²) >= 11 is 0. The molecule has 0 unspecified atom stereocenters. The van der Waals surface area contributed by atoms with Gasteiger partial charge in [0, 0.05) is 37.7 Å². The second-order valence-corrected chi connectivity index (χ2v) is 9.74. The van der Waals surface area contributed by atoms with Crippen LogP contribution in [0, 0.1) is 5.92 Å². The van der Waals surface area contributed by atoms with Crippen LogP contribution in [0.2, 0.25) is 0 Å². The topological polar surface area (TPSA) is 129 Å². The zero-order valence-electron chi connectivity index (χ0n) is 21.8. The molecule has 212 valence electrons. The fraction of sp³-hybridized carbons (Fsp3) is 0.370. The molecular weight excluding hydrogens is 529 g/mol. The maximum Gasteiger partial charge on any atom is 0.416 e. The van der Waals surface area contributed by atoms with E-state index in [0.29, 0.717) is 18.0 Å². The highest BCUT2D eigenvalue weighted by Gasteiger charge is 2.32. The Balaban J connectivity index is 1.36. The second kappa shape index (κ2) is 12.6. The first-order valence-corrected chi connectivity index (χ1v) is 12.8. The maximum absolute atomic E-state index is 13.5. The van der Waals surface area contributed by atoms with E-state index in [2.05, 4.69) is 26.5 Å². The molecular formula is C27H30F3N6O4+. The summed E-state index contributed by atoms with van der Waals surface area (Å²) in [4.78, 5) is 36.1. The van der Waals surface area contributed by atoms with Gasteiger partial charge in [-0.05, 0) is 47.2 Å². The van der Waals surface area contributed by atoms with E-state index in [-0.39, 0.29) is 35.6 Å². The number of amides is 4. The predicted octanol–water partition coefficient (Wildman–Crippen LogP) is 4.67. The van der Waals surface area contributed by atoms with Crippen molar-refractivity contribution in [2.45, 2.75) is 51.2 Å². The van der Waals surface area contributed by atoms with E-state index in [9.17, 15) is 27.6 Å². The van der Waals surface area contributed by atoms with Crippen LogP contribution in [-0.4, -0.2) is 29.7 Å². The van der Waals surface area contributed by atoms with Gasteiger partial charge in [-0.1, -0.05) is 30.3 Å². The number of nitrogens with one attached hydrogen (secondary N) is 4. The molecule has 10 nitrogen and oxygen atoms in total. The highest BCUT2D eigenvalue weighted by molar-refractivity contribution is 6.00. The Hall–Kier alpha value is -4.42. The van der Waals surface area contributed by atoms with Crippen LogP contribution < -0.4 is 25.9 Å². The highest BCUT2D eigenvalue weighted by Crippen LogP contribution is 2.34. The van der Waals surface area contributed by atoms with Crippen molar-refractivity contribution in [3.05, 3.63) is 65.9 Å². The van der Waals surface area contributed by atoms with Crippen molar-refractivity contribution in [3.63, 3.8) is 0 Å². The number of rotatable bonds is 8. The van der Waals surface area contributed by atoms with E-state index in [4.69, 9.17) is 4.52 Å². The minimum Gasteiger partial charge on any atom is -0.356 e. The average Bonchev–Trinajstić information content (AvgIpc) is 3.35. The van der Waals surface area contributed by atoms with Crippen molar-refractivity contribution < 1.29 is 36.8 Å². The summed E-state index contributed by atoms with van der Waals surface area (Å²) in [6.45, 7) is 2.12. The lowest BCUT2D eigenvalue weighted by atomic mass is 9.86. The van der Waals surface area contributed by atoms with Gasteiger partial charge in [-0.15, -0.1) is 0 Å². The molecule has 40 heavy (non-hydrogen) atoms. The third-order valence-corrected chi connectivity index (χ3v) is 6.56. The third kappa shape index (κ3) is 8.29. The number of anilines is 3. The maximum atomic E-state index is 13.5. The molecule has 4 N–H and O–H groups in total. The number of hydrogen-bond donors (Lipinski definition) is 4. The van der Waals surface area contributed by atoms with Gasteiger partial charge in [-0.3, -0.25) is 19.4 Å². The lowest BCUT2D eigenvalue weighted by Crippen LogP contribution is -2.43. The van der Waals surface area contributed by atoms with Crippen LogP contribution in [0.3, 0.4) is 0 Å². The van der Waals surface area contributed by atoms with Gasteiger partial charge in [0.15, 0.2) is 6.04 Å². The lowest BCUT2D eigenvalue weighted by Gasteiger charge is -2.23. The van der Waals surface area contributed by atoms with Crippen LogP contribution in [-0.2, 0) is 22.2 Å². The Labute approximate surface area is 228 Å². The number of carbonyl (C=O) groups is 3. The Kier molecular flexibility index (Phi) is 9.02. The summed E-state index contributed by atoms with van der Waals surface area (Å²) in [7, 11) is 0. The molecule has 4 rings (SSSR count). The Morgan fingerprint density at radius 3 is 2.30 bits per heavy atom. The quantitative estimate of drug-likeness (QED) is 0.298. The first-order chi connectivity index (χ1) is 19.0. The Morgan fingerprint density at radius 2 is 1.65 bits per heavy atom. The van der Waals surface area contributed by atoms with Gasteiger partial charge >= 0.3 is 18.1 Å². The second-order valence-electron chi connectivity index (χ2n) is 9.74. The molecule has 0 aliphatic heterocycles. The smallest absolute Gasteiger partial charge is 0.356 e. The van der Waals surface area contributed by atoms with Crippen LogP contribution in [0.5, 0.6) is 0 Å². The Morgan fingerprint density at radius 1 is 0.975 bits per heavy atom. The normalized spacial score (nSPS) is 17.1. The Bertz CT molecular complexity index is 1340. The van der Waals surface area contributed by atoms with Crippen molar-refractivity contribution in [1.82, 2.24) is 10.6 Å². The molecule has 13 heteroatoms. The van der Waals surface area contributed by atoms with E-state index in [0.717, 1.165) is 37.8 Å². The van der Waals surface area contributed by atoms with Crippen LogP contribution >= 0.6 is 0 Å². The molecule has 1 aliphatic rings. The predicted molar refractivity (Wildman–Crippen MR) is 139 cm³/mol. The van der Waals surface area contributed by atoms with Crippen molar-refractivity contribution in [3.8, 4) is 0 Å². The number of carbonyl (C=O) groups excluding carboxylic acids is 3. The molecule has 1 saturated carbocycles. The van der Waals surface area contributed by atoms with E-state index < -0.39 is 23.7 Å². The van der Waals surface area contributed by atoms with Gasteiger partial charge < -0.3 is 16.0 Å². The fourth-order valence-electron chi connectivity index (χ4n) is 4.58.